The number of carbonyl (C=O) groups excluding carboxylic acids is 1. The molecule has 1 aliphatic heterocycles. The molecule has 5 heteroatoms. The first-order chi connectivity index (χ1) is 9.82. The van der Waals surface area contributed by atoms with E-state index < -0.39 is 5.97 Å². The number of nitrogens with zero attached hydrogens (tertiary/aromatic N) is 2. The van der Waals surface area contributed by atoms with Gasteiger partial charge in [0.2, 0.25) is 0 Å². The maximum absolute atomic E-state index is 12.6. The molecule has 0 saturated heterocycles. The van der Waals surface area contributed by atoms with E-state index in [4.69, 9.17) is 5.11 Å². The summed E-state index contributed by atoms with van der Waals surface area (Å²) in [6.45, 7) is 6.82. The van der Waals surface area contributed by atoms with Crippen molar-refractivity contribution in [2.75, 3.05) is 18.5 Å². The van der Waals surface area contributed by atoms with Gasteiger partial charge in [-0.25, -0.2) is 9.59 Å². The Morgan fingerprint density at radius 2 is 1.95 bits per heavy atom. The number of anilines is 1. The van der Waals surface area contributed by atoms with Gasteiger partial charge in [-0.1, -0.05) is 13.8 Å². The predicted octanol–water partition coefficient (Wildman–Crippen LogP) is 2.84. The average Bonchev–Trinajstić information content (AvgIpc) is 2.87. The van der Waals surface area contributed by atoms with Crippen LogP contribution in [0, 0.1) is 5.92 Å². The maximum Gasteiger partial charge on any atom is 0.335 e. The van der Waals surface area contributed by atoms with Crippen LogP contribution in [0.4, 0.5) is 10.5 Å². The van der Waals surface area contributed by atoms with Gasteiger partial charge in [0.15, 0.2) is 0 Å². The second kappa shape index (κ2) is 5.76. The lowest BCUT2D eigenvalue weighted by Gasteiger charge is -2.32. The molecule has 114 valence electrons. The molecule has 1 N–H and O–H groups in total. The Hall–Kier alpha value is -2.04. The van der Waals surface area contributed by atoms with E-state index in [-0.39, 0.29) is 17.6 Å². The number of fused-ring (bicyclic) bond motifs is 1. The van der Waals surface area contributed by atoms with Crippen LogP contribution in [0.5, 0.6) is 0 Å². The van der Waals surface area contributed by atoms with Crippen molar-refractivity contribution in [2.45, 2.75) is 33.2 Å². The van der Waals surface area contributed by atoms with Gasteiger partial charge in [-0.15, -0.1) is 0 Å². The van der Waals surface area contributed by atoms with Crippen molar-refractivity contribution in [3.8, 4) is 0 Å². The minimum atomic E-state index is -0.937. The minimum Gasteiger partial charge on any atom is -0.478 e. The zero-order valence-corrected chi connectivity index (χ0v) is 13.0. The fourth-order valence-corrected chi connectivity index (χ4v) is 2.55. The van der Waals surface area contributed by atoms with Gasteiger partial charge in [0.25, 0.3) is 0 Å². The lowest BCUT2D eigenvalue weighted by molar-refractivity contribution is 0.0697. The third kappa shape index (κ3) is 2.86. The summed E-state index contributed by atoms with van der Waals surface area (Å²) in [6.07, 6.45) is 0.700. The standard InChI is InChI=1S/C16H22N2O3/c1-10(2)11(3)17(4)16(21)18-8-7-12-9-13(15(19)20)5-6-14(12)18/h5-6,9-11H,7-8H2,1-4H3,(H,19,20). The molecular formula is C16H22N2O3. The molecule has 0 spiro atoms. The number of carboxylic acid groups (broad SMARTS) is 1. The molecule has 0 aliphatic carbocycles. The normalized spacial score (nSPS) is 15.0. The van der Waals surface area contributed by atoms with Gasteiger partial charge < -0.3 is 10.0 Å². The molecule has 2 amide bonds. The molecule has 0 saturated carbocycles. The lowest BCUT2D eigenvalue weighted by atomic mass is 10.1. The lowest BCUT2D eigenvalue weighted by Crippen LogP contribution is -2.46. The third-order valence-corrected chi connectivity index (χ3v) is 4.33. The average molecular weight is 290 g/mol. The molecule has 5 nitrogen and oxygen atoms in total. The van der Waals surface area contributed by atoms with Gasteiger partial charge in [-0.2, -0.15) is 0 Å². The SMILES string of the molecule is CC(C)C(C)N(C)C(=O)N1CCc2cc(C(=O)O)ccc21. The van der Waals surface area contributed by atoms with Crippen LogP contribution in [0.3, 0.4) is 0 Å². The van der Waals surface area contributed by atoms with Crippen LogP contribution >= 0.6 is 0 Å². The summed E-state index contributed by atoms with van der Waals surface area (Å²) in [5.74, 6) is -0.552. The molecule has 0 fully saturated rings. The number of carboxylic acids is 1. The van der Waals surface area contributed by atoms with Crippen LogP contribution in [0.25, 0.3) is 0 Å². The molecule has 1 aliphatic rings. The maximum atomic E-state index is 12.6. The Morgan fingerprint density at radius 3 is 2.52 bits per heavy atom. The third-order valence-electron chi connectivity index (χ3n) is 4.33. The Morgan fingerprint density at radius 1 is 1.29 bits per heavy atom. The largest absolute Gasteiger partial charge is 0.478 e. The second-order valence-corrected chi connectivity index (χ2v) is 5.93. The van der Waals surface area contributed by atoms with Gasteiger partial charge in [0.1, 0.15) is 0 Å². The Balaban J connectivity index is 2.23. The van der Waals surface area contributed by atoms with E-state index in [2.05, 4.69) is 13.8 Å². The van der Waals surface area contributed by atoms with Crippen molar-refractivity contribution in [1.82, 2.24) is 4.90 Å². The first-order valence-electron chi connectivity index (χ1n) is 7.23. The summed E-state index contributed by atoms with van der Waals surface area (Å²) >= 11 is 0. The first kappa shape index (κ1) is 15.4. The highest BCUT2D eigenvalue weighted by atomic mass is 16.4. The van der Waals surface area contributed by atoms with E-state index in [0.29, 0.717) is 18.9 Å². The highest BCUT2D eigenvalue weighted by molar-refractivity contribution is 5.96. The van der Waals surface area contributed by atoms with Gasteiger partial charge >= 0.3 is 12.0 Å². The molecule has 1 unspecified atom stereocenters. The number of amides is 2. The van der Waals surface area contributed by atoms with Gasteiger partial charge in [-0.05, 0) is 43.0 Å². The summed E-state index contributed by atoms with van der Waals surface area (Å²) < 4.78 is 0. The molecular weight excluding hydrogens is 268 g/mol. The number of urea groups is 1. The van der Waals surface area contributed by atoms with Gasteiger partial charge in [0, 0.05) is 25.3 Å². The topological polar surface area (TPSA) is 60.9 Å². The molecule has 0 aromatic heterocycles. The summed E-state index contributed by atoms with van der Waals surface area (Å²) in [5, 5.41) is 9.02. The summed E-state index contributed by atoms with van der Waals surface area (Å²) in [5.41, 5.74) is 2.02. The van der Waals surface area contributed by atoms with E-state index in [1.54, 1.807) is 28.0 Å². The van der Waals surface area contributed by atoms with Crippen LogP contribution in [0.2, 0.25) is 0 Å². The monoisotopic (exact) mass is 290 g/mol. The molecule has 0 bridgehead atoms. The number of hydrogen-bond donors (Lipinski definition) is 1. The molecule has 1 aromatic carbocycles. The number of hydrogen-bond acceptors (Lipinski definition) is 2. The number of carbonyl (C=O) groups is 2. The van der Waals surface area contributed by atoms with E-state index in [0.717, 1.165) is 11.3 Å². The van der Waals surface area contributed by atoms with E-state index in [9.17, 15) is 9.59 Å². The van der Waals surface area contributed by atoms with Crippen molar-refractivity contribution in [2.24, 2.45) is 5.92 Å². The van der Waals surface area contributed by atoms with Crippen LogP contribution in [0.15, 0.2) is 18.2 Å². The van der Waals surface area contributed by atoms with Gasteiger partial charge in [0.05, 0.1) is 5.56 Å². The van der Waals surface area contributed by atoms with Crippen molar-refractivity contribution in [1.29, 1.82) is 0 Å². The Kier molecular flexibility index (Phi) is 4.21. The molecule has 1 aromatic rings. The van der Waals surface area contributed by atoms with Crippen molar-refractivity contribution in [3.63, 3.8) is 0 Å². The summed E-state index contributed by atoms with van der Waals surface area (Å²) in [7, 11) is 1.82. The van der Waals surface area contributed by atoms with E-state index in [1.807, 2.05) is 14.0 Å². The van der Waals surface area contributed by atoms with Crippen molar-refractivity contribution >= 4 is 17.7 Å². The van der Waals surface area contributed by atoms with Crippen LogP contribution in [-0.4, -0.2) is 41.6 Å². The van der Waals surface area contributed by atoms with Crippen LogP contribution < -0.4 is 4.90 Å². The fourth-order valence-electron chi connectivity index (χ4n) is 2.55. The predicted molar refractivity (Wildman–Crippen MR) is 81.9 cm³/mol. The minimum absolute atomic E-state index is 0.0296. The number of rotatable bonds is 3. The van der Waals surface area contributed by atoms with E-state index in [1.165, 1.54) is 0 Å². The number of aromatic carboxylic acids is 1. The second-order valence-electron chi connectivity index (χ2n) is 5.93. The molecule has 1 heterocycles. The summed E-state index contributed by atoms with van der Waals surface area (Å²) in [6, 6.07) is 5.07. The highest BCUT2D eigenvalue weighted by Crippen LogP contribution is 2.30. The quantitative estimate of drug-likeness (QED) is 0.931. The van der Waals surface area contributed by atoms with Crippen molar-refractivity contribution < 1.29 is 14.7 Å². The molecule has 0 radical (unpaired) electrons. The number of benzene rings is 1. The van der Waals surface area contributed by atoms with Crippen LogP contribution in [-0.2, 0) is 6.42 Å². The first-order valence-corrected chi connectivity index (χ1v) is 7.23. The molecule has 2 rings (SSSR count). The molecule has 1 atom stereocenters. The fraction of sp³-hybridized carbons (Fsp3) is 0.500. The zero-order chi connectivity index (χ0) is 15.7. The highest BCUT2D eigenvalue weighted by Gasteiger charge is 2.30. The van der Waals surface area contributed by atoms with Gasteiger partial charge in [-0.3, -0.25) is 4.90 Å². The zero-order valence-electron chi connectivity index (χ0n) is 13.0. The summed E-state index contributed by atoms with van der Waals surface area (Å²) in [4.78, 5) is 27.1. The van der Waals surface area contributed by atoms with E-state index >= 15 is 0 Å². The Labute approximate surface area is 125 Å². The van der Waals surface area contributed by atoms with Crippen LogP contribution in [0.1, 0.15) is 36.7 Å². The smallest absolute Gasteiger partial charge is 0.335 e. The molecule has 21 heavy (non-hydrogen) atoms. The van der Waals surface area contributed by atoms with Crippen molar-refractivity contribution in [3.05, 3.63) is 29.3 Å². The Bertz CT molecular complexity index is 569.